The zero-order chi connectivity index (χ0) is 12.4. The average molecular weight is 250 g/mol. The molecule has 0 radical (unpaired) electrons. The number of aryl methyl sites for hydroxylation is 1. The lowest BCUT2D eigenvalue weighted by Gasteiger charge is -2.06. The van der Waals surface area contributed by atoms with Crippen LogP contribution in [-0.2, 0) is 12.8 Å². The normalized spacial score (nSPS) is 10.8. The van der Waals surface area contributed by atoms with E-state index in [0.717, 1.165) is 35.6 Å². The van der Waals surface area contributed by atoms with E-state index in [-0.39, 0.29) is 0 Å². The van der Waals surface area contributed by atoms with E-state index in [4.69, 9.17) is 17.3 Å². The fraction of sp³-hybridized carbons (Fsp3) is 0.308. The predicted octanol–water partition coefficient (Wildman–Crippen LogP) is 3.23. The molecule has 0 aliphatic rings. The molecule has 4 heteroatoms. The number of halogens is 1. The van der Waals surface area contributed by atoms with Gasteiger partial charge in [-0.25, -0.2) is 4.68 Å². The second-order valence-electron chi connectivity index (χ2n) is 3.91. The lowest BCUT2D eigenvalue weighted by Crippen LogP contribution is -2.02. The Bertz CT molecular complexity index is 531. The summed E-state index contributed by atoms with van der Waals surface area (Å²) in [5, 5.41) is 5.25. The number of aromatic nitrogens is 2. The minimum absolute atomic E-state index is 0.705. The highest BCUT2D eigenvalue weighted by Gasteiger charge is 2.13. The van der Waals surface area contributed by atoms with Crippen molar-refractivity contribution in [2.75, 3.05) is 5.73 Å². The predicted molar refractivity (Wildman–Crippen MR) is 71.7 cm³/mol. The van der Waals surface area contributed by atoms with Crippen LogP contribution in [0.25, 0.3) is 5.69 Å². The van der Waals surface area contributed by atoms with E-state index in [1.54, 1.807) is 0 Å². The molecular weight excluding hydrogens is 234 g/mol. The summed E-state index contributed by atoms with van der Waals surface area (Å²) in [6, 6.07) is 7.65. The Morgan fingerprint density at radius 2 is 2.06 bits per heavy atom. The van der Waals surface area contributed by atoms with Crippen molar-refractivity contribution in [3.63, 3.8) is 0 Å². The van der Waals surface area contributed by atoms with Crippen LogP contribution in [0.4, 0.5) is 5.69 Å². The fourth-order valence-electron chi connectivity index (χ4n) is 1.94. The third-order valence-corrected chi connectivity index (χ3v) is 3.06. The molecule has 0 unspecified atom stereocenters. The van der Waals surface area contributed by atoms with Gasteiger partial charge in [-0.2, -0.15) is 5.10 Å². The second-order valence-corrected chi connectivity index (χ2v) is 4.34. The zero-order valence-corrected chi connectivity index (χ0v) is 10.8. The Morgan fingerprint density at radius 3 is 2.65 bits per heavy atom. The van der Waals surface area contributed by atoms with Gasteiger partial charge in [-0.3, -0.25) is 0 Å². The molecule has 0 bridgehead atoms. The van der Waals surface area contributed by atoms with Gasteiger partial charge in [0.1, 0.15) is 0 Å². The summed E-state index contributed by atoms with van der Waals surface area (Å²) in [5.41, 5.74) is 9.84. The largest absolute Gasteiger partial charge is 0.396 e. The highest BCUT2D eigenvalue weighted by atomic mass is 35.5. The number of nitrogens with zero attached hydrogens (tertiary/aromatic N) is 2. The van der Waals surface area contributed by atoms with E-state index < -0.39 is 0 Å². The van der Waals surface area contributed by atoms with Crippen LogP contribution in [0, 0.1) is 0 Å². The van der Waals surface area contributed by atoms with Gasteiger partial charge in [0.25, 0.3) is 0 Å². The van der Waals surface area contributed by atoms with Crippen LogP contribution in [-0.4, -0.2) is 9.78 Å². The van der Waals surface area contributed by atoms with E-state index in [2.05, 4.69) is 18.9 Å². The molecule has 1 aromatic carbocycles. The molecule has 0 atom stereocenters. The van der Waals surface area contributed by atoms with E-state index in [9.17, 15) is 0 Å². The topological polar surface area (TPSA) is 43.8 Å². The quantitative estimate of drug-likeness (QED) is 0.908. The van der Waals surface area contributed by atoms with Crippen molar-refractivity contribution in [1.29, 1.82) is 0 Å². The van der Waals surface area contributed by atoms with Gasteiger partial charge >= 0.3 is 0 Å². The molecule has 2 N–H and O–H groups in total. The molecule has 3 nitrogen and oxygen atoms in total. The summed E-state index contributed by atoms with van der Waals surface area (Å²) in [5.74, 6) is 0. The molecule has 1 heterocycles. The van der Waals surface area contributed by atoms with Crippen LogP contribution in [0.1, 0.15) is 25.2 Å². The van der Waals surface area contributed by atoms with Crippen LogP contribution in [0.2, 0.25) is 5.02 Å². The van der Waals surface area contributed by atoms with Gasteiger partial charge in [0.15, 0.2) is 0 Å². The third-order valence-electron chi connectivity index (χ3n) is 2.82. The first-order valence-corrected chi connectivity index (χ1v) is 6.17. The van der Waals surface area contributed by atoms with E-state index >= 15 is 0 Å². The number of anilines is 1. The highest BCUT2D eigenvalue weighted by molar-refractivity contribution is 6.30. The van der Waals surface area contributed by atoms with Gasteiger partial charge in [-0.05, 0) is 31.0 Å². The minimum atomic E-state index is 0.705. The van der Waals surface area contributed by atoms with Gasteiger partial charge in [0, 0.05) is 5.02 Å². The minimum Gasteiger partial charge on any atom is -0.396 e. The van der Waals surface area contributed by atoms with Crippen molar-refractivity contribution in [3.8, 4) is 5.69 Å². The lowest BCUT2D eigenvalue weighted by molar-refractivity contribution is 0.794. The maximum absolute atomic E-state index is 6.08. The first-order valence-electron chi connectivity index (χ1n) is 5.79. The third kappa shape index (κ3) is 2.15. The smallest absolute Gasteiger partial charge is 0.0858 e. The van der Waals surface area contributed by atoms with E-state index in [1.165, 1.54) is 0 Å². The Labute approximate surface area is 106 Å². The number of nitrogen functional groups attached to an aromatic ring is 1. The molecule has 17 heavy (non-hydrogen) atoms. The SMILES string of the molecule is CCc1nn(-c2cccc(Cl)c2)c(CC)c1N. The van der Waals surface area contributed by atoms with Crippen molar-refractivity contribution >= 4 is 17.3 Å². The molecule has 0 saturated carbocycles. The van der Waals surface area contributed by atoms with Crippen LogP contribution >= 0.6 is 11.6 Å². The van der Waals surface area contributed by atoms with Crippen molar-refractivity contribution in [3.05, 3.63) is 40.7 Å². The molecule has 2 aromatic rings. The zero-order valence-electron chi connectivity index (χ0n) is 10.1. The summed E-state index contributed by atoms with van der Waals surface area (Å²) >= 11 is 6.00. The number of nitrogens with two attached hydrogens (primary N) is 1. The standard InChI is InChI=1S/C13H16ClN3/c1-3-11-13(15)12(4-2)17(16-11)10-7-5-6-9(14)8-10/h5-8H,3-4,15H2,1-2H3. The summed E-state index contributed by atoms with van der Waals surface area (Å²) in [4.78, 5) is 0. The number of hydrogen-bond acceptors (Lipinski definition) is 2. The van der Waals surface area contributed by atoms with Crippen molar-refractivity contribution in [2.45, 2.75) is 26.7 Å². The van der Waals surface area contributed by atoms with Crippen LogP contribution in [0.5, 0.6) is 0 Å². The number of hydrogen-bond donors (Lipinski definition) is 1. The molecule has 0 amide bonds. The van der Waals surface area contributed by atoms with Gasteiger partial charge < -0.3 is 5.73 Å². The summed E-state index contributed by atoms with van der Waals surface area (Å²) in [6.45, 7) is 4.13. The Kier molecular flexibility index (Phi) is 3.38. The lowest BCUT2D eigenvalue weighted by atomic mass is 10.2. The first kappa shape index (κ1) is 12.0. The summed E-state index contributed by atoms with van der Waals surface area (Å²) < 4.78 is 1.89. The molecule has 90 valence electrons. The monoisotopic (exact) mass is 249 g/mol. The van der Waals surface area contributed by atoms with E-state index in [0.29, 0.717) is 5.02 Å². The van der Waals surface area contributed by atoms with Crippen molar-refractivity contribution in [1.82, 2.24) is 9.78 Å². The van der Waals surface area contributed by atoms with Gasteiger partial charge in [0.2, 0.25) is 0 Å². The molecular formula is C13H16ClN3. The fourth-order valence-corrected chi connectivity index (χ4v) is 2.12. The van der Waals surface area contributed by atoms with Gasteiger partial charge in [-0.1, -0.05) is 31.5 Å². The number of benzene rings is 1. The molecule has 0 aliphatic heterocycles. The van der Waals surface area contributed by atoms with Crippen LogP contribution in [0.3, 0.4) is 0 Å². The summed E-state index contributed by atoms with van der Waals surface area (Å²) in [7, 11) is 0. The Hall–Kier alpha value is -1.48. The van der Waals surface area contributed by atoms with Crippen LogP contribution < -0.4 is 5.73 Å². The van der Waals surface area contributed by atoms with Crippen LogP contribution in [0.15, 0.2) is 24.3 Å². The van der Waals surface area contributed by atoms with Crippen molar-refractivity contribution < 1.29 is 0 Å². The highest BCUT2D eigenvalue weighted by Crippen LogP contribution is 2.23. The van der Waals surface area contributed by atoms with Gasteiger partial charge in [-0.15, -0.1) is 0 Å². The first-order chi connectivity index (χ1) is 8.17. The molecule has 0 fully saturated rings. The van der Waals surface area contributed by atoms with E-state index in [1.807, 2.05) is 28.9 Å². The number of rotatable bonds is 3. The second kappa shape index (κ2) is 4.80. The molecule has 1 aromatic heterocycles. The van der Waals surface area contributed by atoms with Gasteiger partial charge in [0.05, 0.1) is 22.8 Å². The maximum Gasteiger partial charge on any atom is 0.0858 e. The molecule has 0 spiro atoms. The summed E-state index contributed by atoms with van der Waals surface area (Å²) in [6.07, 6.45) is 1.69. The molecule has 0 saturated heterocycles. The molecule has 2 rings (SSSR count). The molecule has 0 aliphatic carbocycles. The average Bonchev–Trinajstić information content (AvgIpc) is 2.65. The van der Waals surface area contributed by atoms with Crippen molar-refractivity contribution in [2.24, 2.45) is 0 Å². The maximum atomic E-state index is 6.08. The Morgan fingerprint density at radius 1 is 1.29 bits per heavy atom. The Balaban J connectivity index is 2.58.